The summed E-state index contributed by atoms with van der Waals surface area (Å²) in [4.78, 5) is 2.47. The van der Waals surface area contributed by atoms with Crippen LogP contribution < -0.4 is 4.90 Å². The minimum absolute atomic E-state index is 0.752. The molecule has 2 rings (SSSR count). The molecule has 1 aliphatic rings. The predicted molar refractivity (Wildman–Crippen MR) is 94.1 cm³/mol. The van der Waals surface area contributed by atoms with E-state index in [1.807, 2.05) is 12.1 Å². The summed E-state index contributed by atoms with van der Waals surface area (Å²) in [5.41, 5.74) is 2.03. The Morgan fingerprint density at radius 1 is 1.00 bits per heavy atom. The third-order valence-electron chi connectivity index (χ3n) is 4.94. The van der Waals surface area contributed by atoms with Crippen molar-refractivity contribution in [3.05, 3.63) is 29.8 Å². The van der Waals surface area contributed by atoms with Crippen molar-refractivity contribution < 1.29 is 0 Å². The van der Waals surface area contributed by atoms with Crippen LogP contribution in [0.25, 0.3) is 0 Å². The van der Waals surface area contributed by atoms with E-state index in [4.69, 9.17) is 5.26 Å². The van der Waals surface area contributed by atoms with Crippen LogP contribution in [0.2, 0.25) is 0 Å². The van der Waals surface area contributed by atoms with Crippen LogP contribution in [0, 0.1) is 17.2 Å². The molecular formula is C20H30N2. The number of benzene rings is 1. The lowest BCUT2D eigenvalue weighted by Crippen LogP contribution is -2.33. The molecule has 0 saturated carbocycles. The summed E-state index contributed by atoms with van der Waals surface area (Å²) in [7, 11) is 0. The second-order valence-electron chi connectivity index (χ2n) is 6.65. The Morgan fingerprint density at radius 2 is 1.64 bits per heavy atom. The van der Waals surface area contributed by atoms with Gasteiger partial charge in [0.1, 0.15) is 0 Å². The van der Waals surface area contributed by atoms with E-state index in [1.165, 1.54) is 76.6 Å². The summed E-state index contributed by atoms with van der Waals surface area (Å²) in [6, 6.07) is 10.2. The standard InChI is InChI=1S/C20H30N2/c1-2-3-4-5-6-7-8-18-13-15-22(16-14-18)20-11-9-19(17-21)10-12-20/h9-12,18H,2-8,13-16H2,1H3. The summed E-state index contributed by atoms with van der Waals surface area (Å²) in [5.74, 6) is 0.931. The molecule has 1 aromatic rings. The fraction of sp³-hybridized carbons (Fsp3) is 0.650. The molecule has 120 valence electrons. The van der Waals surface area contributed by atoms with Gasteiger partial charge in [-0.2, -0.15) is 5.26 Å². The lowest BCUT2D eigenvalue weighted by Gasteiger charge is -2.33. The first-order valence-electron chi connectivity index (χ1n) is 9.08. The monoisotopic (exact) mass is 298 g/mol. The highest BCUT2D eigenvalue weighted by atomic mass is 15.1. The highest BCUT2D eigenvalue weighted by Gasteiger charge is 2.18. The van der Waals surface area contributed by atoms with Crippen molar-refractivity contribution in [2.24, 2.45) is 5.92 Å². The molecule has 0 aliphatic carbocycles. The Labute approximate surface area is 136 Å². The number of hydrogen-bond donors (Lipinski definition) is 0. The molecule has 2 heteroatoms. The van der Waals surface area contributed by atoms with E-state index in [1.54, 1.807) is 0 Å². The second kappa shape index (κ2) is 9.51. The molecule has 0 amide bonds. The van der Waals surface area contributed by atoms with Gasteiger partial charge in [0, 0.05) is 18.8 Å². The van der Waals surface area contributed by atoms with E-state index in [2.05, 4.69) is 30.0 Å². The van der Waals surface area contributed by atoms with Gasteiger partial charge in [0.2, 0.25) is 0 Å². The molecular weight excluding hydrogens is 268 g/mol. The van der Waals surface area contributed by atoms with Crippen LogP contribution in [0.15, 0.2) is 24.3 Å². The van der Waals surface area contributed by atoms with E-state index >= 15 is 0 Å². The van der Waals surface area contributed by atoms with Crippen LogP contribution in [0.5, 0.6) is 0 Å². The molecule has 2 nitrogen and oxygen atoms in total. The topological polar surface area (TPSA) is 27.0 Å². The minimum Gasteiger partial charge on any atom is -0.372 e. The van der Waals surface area contributed by atoms with Gasteiger partial charge in [0.15, 0.2) is 0 Å². The third-order valence-corrected chi connectivity index (χ3v) is 4.94. The number of anilines is 1. The average molecular weight is 298 g/mol. The predicted octanol–water partition coefficient (Wildman–Crippen LogP) is 5.53. The molecule has 0 N–H and O–H groups in total. The largest absolute Gasteiger partial charge is 0.372 e. The van der Waals surface area contributed by atoms with Gasteiger partial charge in [0.05, 0.1) is 11.6 Å². The third kappa shape index (κ3) is 5.37. The van der Waals surface area contributed by atoms with Gasteiger partial charge in [0.25, 0.3) is 0 Å². The summed E-state index contributed by atoms with van der Waals surface area (Å²) in [6.45, 7) is 4.63. The van der Waals surface area contributed by atoms with Crippen LogP contribution >= 0.6 is 0 Å². The van der Waals surface area contributed by atoms with Crippen molar-refractivity contribution in [1.29, 1.82) is 5.26 Å². The Morgan fingerprint density at radius 3 is 2.27 bits per heavy atom. The number of unbranched alkanes of at least 4 members (excludes halogenated alkanes) is 5. The Bertz CT molecular complexity index is 450. The van der Waals surface area contributed by atoms with Crippen molar-refractivity contribution in [1.82, 2.24) is 0 Å². The molecule has 1 fully saturated rings. The van der Waals surface area contributed by atoms with Gasteiger partial charge < -0.3 is 4.90 Å². The molecule has 22 heavy (non-hydrogen) atoms. The highest BCUT2D eigenvalue weighted by Crippen LogP contribution is 2.27. The molecule has 1 aromatic carbocycles. The average Bonchev–Trinajstić information content (AvgIpc) is 2.59. The molecule has 0 radical (unpaired) electrons. The van der Waals surface area contributed by atoms with Gasteiger partial charge in [-0.15, -0.1) is 0 Å². The van der Waals surface area contributed by atoms with Crippen molar-refractivity contribution >= 4 is 5.69 Å². The van der Waals surface area contributed by atoms with Crippen LogP contribution in [-0.2, 0) is 0 Å². The number of rotatable bonds is 8. The van der Waals surface area contributed by atoms with E-state index < -0.39 is 0 Å². The number of piperidine rings is 1. The van der Waals surface area contributed by atoms with Gasteiger partial charge in [-0.05, 0) is 43.0 Å². The van der Waals surface area contributed by atoms with Crippen molar-refractivity contribution in [3.63, 3.8) is 0 Å². The normalized spacial score (nSPS) is 15.7. The maximum atomic E-state index is 8.86. The fourth-order valence-electron chi connectivity index (χ4n) is 3.44. The Hall–Kier alpha value is -1.49. The van der Waals surface area contributed by atoms with E-state index in [-0.39, 0.29) is 0 Å². The lowest BCUT2D eigenvalue weighted by atomic mass is 9.91. The molecule has 0 atom stereocenters. The van der Waals surface area contributed by atoms with Crippen molar-refractivity contribution in [2.45, 2.75) is 64.7 Å². The summed E-state index contributed by atoms with van der Waals surface area (Å²) in [5, 5.41) is 8.86. The van der Waals surface area contributed by atoms with E-state index in [0.29, 0.717) is 0 Å². The van der Waals surface area contributed by atoms with Gasteiger partial charge >= 0.3 is 0 Å². The lowest BCUT2D eigenvalue weighted by molar-refractivity contribution is 0.366. The Kier molecular flexibility index (Phi) is 7.30. The second-order valence-corrected chi connectivity index (χ2v) is 6.65. The molecule has 0 unspecified atom stereocenters. The zero-order chi connectivity index (χ0) is 15.6. The molecule has 1 saturated heterocycles. The van der Waals surface area contributed by atoms with Crippen LogP contribution in [0.1, 0.15) is 70.3 Å². The Balaban J connectivity index is 1.64. The van der Waals surface area contributed by atoms with Gasteiger partial charge in [-0.3, -0.25) is 0 Å². The summed E-state index contributed by atoms with van der Waals surface area (Å²) in [6.07, 6.45) is 12.5. The fourth-order valence-corrected chi connectivity index (χ4v) is 3.44. The molecule has 0 bridgehead atoms. The molecule has 0 aromatic heterocycles. The quantitative estimate of drug-likeness (QED) is 0.590. The zero-order valence-corrected chi connectivity index (χ0v) is 14.1. The first-order chi connectivity index (χ1) is 10.8. The molecule has 1 aliphatic heterocycles. The summed E-state index contributed by atoms with van der Waals surface area (Å²) >= 11 is 0. The molecule has 1 heterocycles. The smallest absolute Gasteiger partial charge is 0.0991 e. The maximum absolute atomic E-state index is 8.86. The first kappa shape index (κ1) is 16.9. The zero-order valence-electron chi connectivity index (χ0n) is 14.1. The van der Waals surface area contributed by atoms with Crippen molar-refractivity contribution in [2.75, 3.05) is 18.0 Å². The van der Waals surface area contributed by atoms with Crippen LogP contribution in [-0.4, -0.2) is 13.1 Å². The number of hydrogen-bond acceptors (Lipinski definition) is 2. The van der Waals surface area contributed by atoms with E-state index in [9.17, 15) is 0 Å². The molecule has 0 spiro atoms. The number of nitriles is 1. The SMILES string of the molecule is CCCCCCCCC1CCN(c2ccc(C#N)cc2)CC1. The van der Waals surface area contributed by atoms with Crippen LogP contribution in [0.3, 0.4) is 0 Å². The van der Waals surface area contributed by atoms with Gasteiger partial charge in [-0.25, -0.2) is 0 Å². The number of nitrogens with zero attached hydrogens (tertiary/aromatic N) is 2. The van der Waals surface area contributed by atoms with Gasteiger partial charge in [-0.1, -0.05) is 51.9 Å². The highest BCUT2D eigenvalue weighted by molar-refractivity contribution is 5.49. The van der Waals surface area contributed by atoms with Crippen molar-refractivity contribution in [3.8, 4) is 6.07 Å². The maximum Gasteiger partial charge on any atom is 0.0991 e. The minimum atomic E-state index is 0.752. The van der Waals surface area contributed by atoms with E-state index in [0.717, 1.165) is 11.5 Å². The summed E-state index contributed by atoms with van der Waals surface area (Å²) < 4.78 is 0. The van der Waals surface area contributed by atoms with Crippen LogP contribution in [0.4, 0.5) is 5.69 Å². The first-order valence-corrected chi connectivity index (χ1v) is 9.08.